The van der Waals surface area contributed by atoms with Gasteiger partial charge in [0.15, 0.2) is 0 Å². The van der Waals surface area contributed by atoms with Crippen LogP contribution >= 0.6 is 11.3 Å². The van der Waals surface area contributed by atoms with Gasteiger partial charge in [0.25, 0.3) is 5.91 Å². The van der Waals surface area contributed by atoms with Gasteiger partial charge >= 0.3 is 0 Å². The van der Waals surface area contributed by atoms with E-state index in [2.05, 4.69) is 23.0 Å². The monoisotopic (exact) mass is 276 g/mol. The SMILES string of the molecule is C=C/C=C1/OCC/C1=C/Cc1nc(C(=O)NC)cs1. The summed E-state index contributed by atoms with van der Waals surface area (Å²) in [4.78, 5) is 15.7. The van der Waals surface area contributed by atoms with Gasteiger partial charge in [0.2, 0.25) is 0 Å². The Kier molecular flexibility index (Phi) is 4.52. The summed E-state index contributed by atoms with van der Waals surface area (Å²) in [6, 6.07) is 0. The molecule has 1 N–H and O–H groups in total. The van der Waals surface area contributed by atoms with Gasteiger partial charge in [-0.05, 0) is 11.6 Å². The number of nitrogens with zero attached hydrogens (tertiary/aromatic N) is 1. The summed E-state index contributed by atoms with van der Waals surface area (Å²) < 4.78 is 5.50. The molecule has 0 unspecified atom stereocenters. The molecule has 1 aromatic rings. The number of ether oxygens (including phenoxy) is 1. The predicted octanol–water partition coefficient (Wildman–Crippen LogP) is 2.46. The first-order valence-electron chi connectivity index (χ1n) is 6.06. The second-order valence-corrected chi connectivity index (χ2v) is 4.95. The van der Waals surface area contributed by atoms with Gasteiger partial charge in [-0.15, -0.1) is 11.3 Å². The first-order chi connectivity index (χ1) is 9.24. The lowest BCUT2D eigenvalue weighted by molar-refractivity contribution is 0.0958. The zero-order valence-corrected chi connectivity index (χ0v) is 11.6. The third-order valence-electron chi connectivity index (χ3n) is 2.75. The number of hydrogen-bond donors (Lipinski definition) is 1. The lowest BCUT2D eigenvalue weighted by Gasteiger charge is -1.98. The molecule has 1 amide bonds. The Bertz CT molecular complexity index is 543. The average molecular weight is 276 g/mol. The highest BCUT2D eigenvalue weighted by molar-refractivity contribution is 7.09. The van der Waals surface area contributed by atoms with E-state index in [0.29, 0.717) is 12.3 Å². The van der Waals surface area contributed by atoms with Gasteiger partial charge in [0.05, 0.1) is 11.6 Å². The van der Waals surface area contributed by atoms with Crippen LogP contribution in [-0.2, 0) is 11.2 Å². The number of hydrogen-bond acceptors (Lipinski definition) is 4. The molecule has 5 heteroatoms. The zero-order valence-electron chi connectivity index (χ0n) is 10.8. The van der Waals surface area contributed by atoms with Crippen molar-refractivity contribution >= 4 is 17.2 Å². The summed E-state index contributed by atoms with van der Waals surface area (Å²) in [7, 11) is 1.60. The molecule has 0 aromatic carbocycles. The lowest BCUT2D eigenvalue weighted by atomic mass is 10.1. The average Bonchev–Trinajstić information content (AvgIpc) is 3.05. The summed E-state index contributed by atoms with van der Waals surface area (Å²) in [6.45, 7) is 4.39. The van der Waals surface area contributed by atoms with Crippen LogP contribution in [0.25, 0.3) is 0 Å². The molecule has 1 fully saturated rings. The van der Waals surface area contributed by atoms with Crippen molar-refractivity contribution in [3.63, 3.8) is 0 Å². The second-order valence-electron chi connectivity index (χ2n) is 4.00. The summed E-state index contributed by atoms with van der Waals surface area (Å²) in [6.07, 6.45) is 7.33. The van der Waals surface area contributed by atoms with Gasteiger partial charge in [0.1, 0.15) is 11.5 Å². The van der Waals surface area contributed by atoms with E-state index in [-0.39, 0.29) is 5.91 Å². The Morgan fingerprint density at radius 1 is 1.68 bits per heavy atom. The number of carbonyl (C=O) groups excluding carboxylic acids is 1. The Balaban J connectivity index is 2.05. The normalized spacial score (nSPS) is 18.6. The largest absolute Gasteiger partial charge is 0.493 e. The fraction of sp³-hybridized carbons (Fsp3) is 0.286. The molecule has 0 saturated carbocycles. The summed E-state index contributed by atoms with van der Waals surface area (Å²) in [5, 5.41) is 5.27. The van der Waals surface area contributed by atoms with Crippen LogP contribution in [-0.4, -0.2) is 24.5 Å². The van der Waals surface area contributed by atoms with E-state index in [1.165, 1.54) is 16.9 Å². The van der Waals surface area contributed by atoms with Crippen LogP contribution in [0.4, 0.5) is 0 Å². The first-order valence-corrected chi connectivity index (χ1v) is 6.94. The number of rotatable bonds is 4. The number of amides is 1. The van der Waals surface area contributed by atoms with Crippen molar-refractivity contribution in [2.24, 2.45) is 0 Å². The maximum atomic E-state index is 11.4. The topological polar surface area (TPSA) is 51.2 Å². The van der Waals surface area contributed by atoms with Crippen LogP contribution in [0.1, 0.15) is 21.9 Å². The Hall–Kier alpha value is -1.88. The molecule has 1 aliphatic heterocycles. The third-order valence-corrected chi connectivity index (χ3v) is 3.62. The van der Waals surface area contributed by atoms with E-state index in [9.17, 15) is 4.79 Å². The molecule has 0 atom stereocenters. The first kappa shape index (κ1) is 13.5. The summed E-state index contributed by atoms with van der Waals surface area (Å²) in [5.41, 5.74) is 1.65. The summed E-state index contributed by atoms with van der Waals surface area (Å²) >= 11 is 1.49. The minimum atomic E-state index is -0.147. The van der Waals surface area contributed by atoms with Gasteiger partial charge in [0, 0.05) is 25.3 Å². The van der Waals surface area contributed by atoms with Crippen LogP contribution in [0, 0.1) is 0 Å². The highest BCUT2D eigenvalue weighted by Crippen LogP contribution is 2.24. The maximum absolute atomic E-state index is 11.4. The molecular weight excluding hydrogens is 260 g/mol. The highest BCUT2D eigenvalue weighted by atomic mass is 32.1. The van der Waals surface area contributed by atoms with Crippen LogP contribution in [0.5, 0.6) is 0 Å². The van der Waals surface area contributed by atoms with Gasteiger partial charge in [-0.1, -0.05) is 18.7 Å². The molecular formula is C14H16N2O2S. The molecule has 4 nitrogen and oxygen atoms in total. The Morgan fingerprint density at radius 3 is 3.26 bits per heavy atom. The van der Waals surface area contributed by atoms with Crippen molar-refractivity contribution in [3.05, 3.63) is 52.2 Å². The van der Waals surface area contributed by atoms with Gasteiger partial charge < -0.3 is 10.1 Å². The smallest absolute Gasteiger partial charge is 0.270 e. The second kappa shape index (κ2) is 6.33. The molecule has 100 valence electrons. The minimum Gasteiger partial charge on any atom is -0.493 e. The molecule has 2 heterocycles. The zero-order chi connectivity index (χ0) is 13.7. The van der Waals surface area contributed by atoms with Crippen LogP contribution < -0.4 is 5.32 Å². The Morgan fingerprint density at radius 2 is 2.53 bits per heavy atom. The van der Waals surface area contributed by atoms with Gasteiger partial charge in [-0.3, -0.25) is 4.79 Å². The molecule has 1 aromatic heterocycles. The van der Waals surface area contributed by atoms with Crippen molar-refractivity contribution in [3.8, 4) is 0 Å². The summed E-state index contributed by atoms with van der Waals surface area (Å²) in [5.74, 6) is 0.740. The molecule has 0 bridgehead atoms. The van der Waals surface area contributed by atoms with Gasteiger partial charge in [-0.25, -0.2) is 4.98 Å². The minimum absolute atomic E-state index is 0.147. The quantitative estimate of drug-likeness (QED) is 0.919. The maximum Gasteiger partial charge on any atom is 0.270 e. The van der Waals surface area contributed by atoms with E-state index >= 15 is 0 Å². The van der Waals surface area contributed by atoms with Crippen molar-refractivity contribution in [1.29, 1.82) is 0 Å². The molecule has 1 aliphatic rings. The predicted molar refractivity (Wildman–Crippen MR) is 76.1 cm³/mol. The number of allylic oxidation sites excluding steroid dienone is 4. The van der Waals surface area contributed by atoms with Crippen molar-refractivity contribution in [1.82, 2.24) is 10.3 Å². The molecule has 0 spiro atoms. The fourth-order valence-electron chi connectivity index (χ4n) is 1.80. The number of aromatic nitrogens is 1. The van der Waals surface area contributed by atoms with E-state index in [1.54, 1.807) is 18.5 Å². The molecule has 19 heavy (non-hydrogen) atoms. The third kappa shape index (κ3) is 3.32. The fourth-order valence-corrected chi connectivity index (χ4v) is 2.54. The molecule has 2 rings (SSSR count). The lowest BCUT2D eigenvalue weighted by Crippen LogP contribution is -2.18. The van der Waals surface area contributed by atoms with E-state index in [0.717, 1.165) is 23.6 Å². The molecule has 0 radical (unpaired) electrons. The van der Waals surface area contributed by atoms with Crippen LogP contribution in [0.15, 0.2) is 41.5 Å². The highest BCUT2D eigenvalue weighted by Gasteiger charge is 2.14. The van der Waals surface area contributed by atoms with E-state index in [1.807, 2.05) is 6.08 Å². The standard InChI is InChI=1S/C14H16N2O2S/c1-3-4-12-10(7-8-18-12)5-6-13-16-11(9-19-13)14(17)15-2/h3-5,9H,1,6-8H2,2H3,(H,15,17)/b10-5-,12-4+. The van der Waals surface area contributed by atoms with Gasteiger partial charge in [-0.2, -0.15) is 0 Å². The van der Waals surface area contributed by atoms with Crippen molar-refractivity contribution < 1.29 is 9.53 Å². The van der Waals surface area contributed by atoms with Crippen LogP contribution in [0.2, 0.25) is 0 Å². The van der Waals surface area contributed by atoms with E-state index in [4.69, 9.17) is 4.74 Å². The Labute approximate surface area is 116 Å². The number of nitrogens with one attached hydrogen (secondary N) is 1. The van der Waals surface area contributed by atoms with E-state index < -0.39 is 0 Å². The molecule has 1 saturated heterocycles. The van der Waals surface area contributed by atoms with Crippen LogP contribution in [0.3, 0.4) is 0 Å². The molecule has 0 aliphatic carbocycles. The number of carbonyl (C=O) groups is 1. The van der Waals surface area contributed by atoms with Crippen molar-refractivity contribution in [2.45, 2.75) is 12.8 Å². The number of thiazole rings is 1. The van der Waals surface area contributed by atoms with Crippen molar-refractivity contribution in [2.75, 3.05) is 13.7 Å².